The Labute approximate surface area is 164 Å². The monoisotopic (exact) mass is 366 g/mol. The summed E-state index contributed by atoms with van der Waals surface area (Å²) in [6.45, 7) is 5.10. The normalized spacial score (nSPS) is 11.3. The van der Waals surface area contributed by atoms with Crippen LogP contribution in [-0.4, -0.2) is 12.6 Å². The van der Waals surface area contributed by atoms with Gasteiger partial charge in [-0.2, -0.15) is 0 Å². The van der Waals surface area contributed by atoms with Crippen molar-refractivity contribution < 1.29 is 9.53 Å². The lowest BCUT2D eigenvalue weighted by molar-refractivity contribution is -0.143. The van der Waals surface area contributed by atoms with E-state index in [4.69, 9.17) is 4.74 Å². The van der Waals surface area contributed by atoms with Gasteiger partial charge in [-0.25, -0.2) is 0 Å². The molecule has 0 N–H and O–H groups in total. The highest BCUT2D eigenvalue weighted by atomic mass is 16.5. The third-order valence-electron chi connectivity index (χ3n) is 4.90. The molecule has 0 aromatic rings. The predicted octanol–water partition coefficient (Wildman–Crippen LogP) is 8.15. The van der Waals surface area contributed by atoms with Crippen molar-refractivity contribution in [3.05, 3.63) is 12.2 Å². The maximum atomic E-state index is 11.6. The predicted molar refractivity (Wildman–Crippen MR) is 115 cm³/mol. The van der Waals surface area contributed by atoms with Crippen molar-refractivity contribution in [2.45, 2.75) is 129 Å². The first-order valence-electron chi connectivity index (χ1n) is 11.6. The zero-order valence-corrected chi connectivity index (χ0v) is 17.9. The lowest BCUT2D eigenvalue weighted by Crippen LogP contribution is -2.05. The maximum Gasteiger partial charge on any atom is 0.305 e. The van der Waals surface area contributed by atoms with Crippen molar-refractivity contribution in [3.63, 3.8) is 0 Å². The molecule has 0 saturated heterocycles. The summed E-state index contributed by atoms with van der Waals surface area (Å²) in [4.78, 5) is 11.6. The van der Waals surface area contributed by atoms with E-state index in [9.17, 15) is 4.79 Å². The molecule has 0 saturated carbocycles. The Morgan fingerprint density at radius 3 is 1.69 bits per heavy atom. The van der Waals surface area contributed by atoms with Crippen LogP contribution < -0.4 is 0 Å². The van der Waals surface area contributed by atoms with E-state index < -0.39 is 0 Å². The second-order valence-corrected chi connectivity index (χ2v) is 7.62. The molecular weight excluding hydrogens is 320 g/mol. The average Bonchev–Trinajstić information content (AvgIpc) is 2.65. The van der Waals surface area contributed by atoms with E-state index in [1.807, 2.05) is 0 Å². The SMILES string of the molecule is CCCCCC/C=C\CCCCCCCCC(=O)OCCCCCCC. The molecular formula is C24H46O2. The number of carbonyl (C=O) groups is 1. The first-order valence-corrected chi connectivity index (χ1v) is 11.6. The van der Waals surface area contributed by atoms with E-state index in [-0.39, 0.29) is 5.97 Å². The fourth-order valence-corrected chi connectivity index (χ4v) is 3.13. The molecule has 0 aliphatic heterocycles. The van der Waals surface area contributed by atoms with Gasteiger partial charge >= 0.3 is 5.97 Å². The average molecular weight is 367 g/mol. The van der Waals surface area contributed by atoms with Gasteiger partial charge in [0.2, 0.25) is 0 Å². The molecule has 0 aliphatic rings. The molecule has 0 fully saturated rings. The zero-order valence-electron chi connectivity index (χ0n) is 17.9. The van der Waals surface area contributed by atoms with Crippen LogP contribution in [0.1, 0.15) is 129 Å². The molecule has 0 amide bonds. The van der Waals surface area contributed by atoms with Crippen molar-refractivity contribution in [3.8, 4) is 0 Å². The molecule has 0 bridgehead atoms. The molecule has 0 spiro atoms. The fourth-order valence-electron chi connectivity index (χ4n) is 3.13. The van der Waals surface area contributed by atoms with Gasteiger partial charge in [0.25, 0.3) is 0 Å². The summed E-state index contributed by atoms with van der Waals surface area (Å²) < 4.78 is 5.29. The van der Waals surface area contributed by atoms with E-state index in [1.165, 1.54) is 96.3 Å². The Morgan fingerprint density at radius 2 is 1.08 bits per heavy atom. The van der Waals surface area contributed by atoms with Crippen LogP contribution in [0.25, 0.3) is 0 Å². The van der Waals surface area contributed by atoms with Crippen molar-refractivity contribution in [1.82, 2.24) is 0 Å². The Bertz CT molecular complexity index is 309. The van der Waals surface area contributed by atoms with Gasteiger partial charge in [0.05, 0.1) is 6.61 Å². The maximum absolute atomic E-state index is 11.6. The number of carbonyl (C=O) groups excluding carboxylic acids is 1. The Hall–Kier alpha value is -0.790. The molecule has 154 valence electrons. The molecule has 2 nitrogen and oxygen atoms in total. The van der Waals surface area contributed by atoms with Gasteiger partial charge in [0.15, 0.2) is 0 Å². The fraction of sp³-hybridized carbons (Fsp3) is 0.875. The Balaban J connectivity index is 3.18. The number of ether oxygens (including phenoxy) is 1. The standard InChI is InChI=1S/C24H46O2/c1-3-5-7-9-10-11-12-13-14-15-16-17-18-20-22-24(25)26-23-21-19-8-6-4-2/h11-12H,3-10,13-23H2,1-2H3/b12-11-. The highest BCUT2D eigenvalue weighted by molar-refractivity contribution is 5.69. The first kappa shape index (κ1) is 25.2. The molecule has 0 rings (SSSR count). The third-order valence-corrected chi connectivity index (χ3v) is 4.90. The van der Waals surface area contributed by atoms with Gasteiger partial charge in [-0.1, -0.05) is 96.6 Å². The lowest BCUT2D eigenvalue weighted by Gasteiger charge is -2.05. The van der Waals surface area contributed by atoms with Crippen LogP contribution >= 0.6 is 0 Å². The van der Waals surface area contributed by atoms with Crippen LogP contribution in [-0.2, 0) is 9.53 Å². The topological polar surface area (TPSA) is 26.3 Å². The minimum absolute atomic E-state index is 0.00423. The number of hydrogen-bond acceptors (Lipinski definition) is 2. The molecule has 26 heavy (non-hydrogen) atoms. The lowest BCUT2D eigenvalue weighted by atomic mass is 10.1. The Kier molecular flexibility index (Phi) is 21.6. The summed E-state index contributed by atoms with van der Waals surface area (Å²) in [7, 11) is 0. The molecule has 0 aliphatic carbocycles. The van der Waals surface area contributed by atoms with Gasteiger partial charge in [-0.05, 0) is 38.5 Å². The van der Waals surface area contributed by atoms with E-state index >= 15 is 0 Å². The van der Waals surface area contributed by atoms with Gasteiger partial charge in [0.1, 0.15) is 0 Å². The number of unbranched alkanes of at least 4 members (excludes halogenated alkanes) is 14. The summed E-state index contributed by atoms with van der Waals surface area (Å²) in [5.41, 5.74) is 0. The summed E-state index contributed by atoms with van der Waals surface area (Å²) >= 11 is 0. The quantitative estimate of drug-likeness (QED) is 0.123. The summed E-state index contributed by atoms with van der Waals surface area (Å²) in [5.74, 6) is 0.00423. The van der Waals surface area contributed by atoms with Gasteiger partial charge in [-0.3, -0.25) is 4.79 Å². The van der Waals surface area contributed by atoms with Gasteiger partial charge in [0, 0.05) is 6.42 Å². The van der Waals surface area contributed by atoms with E-state index in [0.29, 0.717) is 13.0 Å². The second kappa shape index (κ2) is 22.3. The van der Waals surface area contributed by atoms with E-state index in [1.54, 1.807) is 0 Å². The molecule has 0 atom stereocenters. The number of hydrogen-bond donors (Lipinski definition) is 0. The van der Waals surface area contributed by atoms with Gasteiger partial charge < -0.3 is 4.74 Å². The van der Waals surface area contributed by atoms with Crippen LogP contribution in [0.4, 0.5) is 0 Å². The molecule has 0 heterocycles. The highest BCUT2D eigenvalue weighted by Crippen LogP contribution is 2.10. The number of esters is 1. The van der Waals surface area contributed by atoms with Crippen LogP contribution in [0.3, 0.4) is 0 Å². The second-order valence-electron chi connectivity index (χ2n) is 7.62. The van der Waals surface area contributed by atoms with Gasteiger partial charge in [-0.15, -0.1) is 0 Å². The van der Waals surface area contributed by atoms with E-state index in [0.717, 1.165) is 12.8 Å². The first-order chi connectivity index (χ1) is 12.8. The molecule has 0 aromatic heterocycles. The number of allylic oxidation sites excluding steroid dienone is 2. The van der Waals surface area contributed by atoms with Crippen LogP contribution in [0.2, 0.25) is 0 Å². The zero-order chi connectivity index (χ0) is 19.1. The Morgan fingerprint density at radius 1 is 0.615 bits per heavy atom. The summed E-state index contributed by atoms with van der Waals surface area (Å²) in [6, 6.07) is 0. The van der Waals surface area contributed by atoms with Crippen molar-refractivity contribution >= 4 is 5.97 Å². The third kappa shape index (κ3) is 21.3. The van der Waals surface area contributed by atoms with E-state index in [2.05, 4.69) is 26.0 Å². The number of rotatable bonds is 20. The molecule has 0 radical (unpaired) electrons. The van der Waals surface area contributed by atoms with Crippen molar-refractivity contribution in [2.24, 2.45) is 0 Å². The largest absolute Gasteiger partial charge is 0.466 e. The van der Waals surface area contributed by atoms with Crippen LogP contribution in [0.5, 0.6) is 0 Å². The highest BCUT2D eigenvalue weighted by Gasteiger charge is 2.02. The summed E-state index contributed by atoms with van der Waals surface area (Å²) in [6.07, 6.45) is 26.7. The van der Waals surface area contributed by atoms with Crippen LogP contribution in [0, 0.1) is 0 Å². The summed E-state index contributed by atoms with van der Waals surface area (Å²) in [5, 5.41) is 0. The molecule has 2 heteroatoms. The van der Waals surface area contributed by atoms with Crippen molar-refractivity contribution in [2.75, 3.05) is 6.61 Å². The van der Waals surface area contributed by atoms with Crippen molar-refractivity contribution in [1.29, 1.82) is 0 Å². The molecule has 0 aromatic carbocycles. The minimum Gasteiger partial charge on any atom is -0.466 e. The van der Waals surface area contributed by atoms with Crippen LogP contribution in [0.15, 0.2) is 12.2 Å². The minimum atomic E-state index is 0.00423. The molecule has 0 unspecified atom stereocenters. The smallest absolute Gasteiger partial charge is 0.305 e.